The number of benzene rings is 2. The van der Waals surface area contributed by atoms with E-state index in [0.717, 1.165) is 29.3 Å². The average molecular weight is 508 g/mol. The Labute approximate surface area is 221 Å². The number of fused-ring (bicyclic) bond motifs is 2. The SMILES string of the molecule is [B]C([B])(Nc1ncc(-c2ccc(CN(C)C)cc2C)c2nc(C#N)cn12)c1c(F)ccc2c1C(O)C(O)O2. The number of aryl methyl sites for hydroxylation is 1. The number of aromatic nitrogens is 3. The Morgan fingerprint density at radius 3 is 2.68 bits per heavy atom. The highest BCUT2D eigenvalue weighted by Gasteiger charge is 2.39. The van der Waals surface area contributed by atoms with Crippen molar-refractivity contribution >= 4 is 27.3 Å². The highest BCUT2D eigenvalue weighted by Crippen LogP contribution is 2.42. The lowest BCUT2D eigenvalue weighted by Gasteiger charge is -2.31. The molecule has 0 fully saturated rings. The summed E-state index contributed by atoms with van der Waals surface area (Å²) in [5.41, 5.74) is 3.86. The van der Waals surface area contributed by atoms with Gasteiger partial charge in [-0.2, -0.15) is 5.26 Å². The van der Waals surface area contributed by atoms with E-state index in [1.165, 1.54) is 16.7 Å². The van der Waals surface area contributed by atoms with Gasteiger partial charge >= 0.3 is 0 Å². The van der Waals surface area contributed by atoms with Gasteiger partial charge in [0.05, 0.1) is 21.9 Å². The number of halogens is 1. The van der Waals surface area contributed by atoms with Gasteiger partial charge in [-0.3, -0.25) is 4.40 Å². The van der Waals surface area contributed by atoms with Crippen LogP contribution in [0.2, 0.25) is 0 Å². The molecule has 0 saturated carbocycles. The van der Waals surface area contributed by atoms with Gasteiger partial charge in [0, 0.05) is 29.4 Å². The molecule has 0 spiro atoms. The summed E-state index contributed by atoms with van der Waals surface area (Å²) < 4.78 is 21.7. The van der Waals surface area contributed by atoms with Crippen LogP contribution in [0, 0.1) is 24.1 Å². The van der Waals surface area contributed by atoms with E-state index >= 15 is 4.39 Å². The van der Waals surface area contributed by atoms with Crippen LogP contribution < -0.4 is 10.1 Å². The zero-order valence-corrected chi connectivity index (χ0v) is 21.0. The van der Waals surface area contributed by atoms with Gasteiger partial charge in [0.25, 0.3) is 0 Å². The van der Waals surface area contributed by atoms with E-state index in [0.29, 0.717) is 11.2 Å². The van der Waals surface area contributed by atoms with E-state index < -0.39 is 23.5 Å². The molecule has 9 nitrogen and oxygen atoms in total. The van der Waals surface area contributed by atoms with Crippen molar-refractivity contribution in [3.63, 3.8) is 0 Å². The number of ether oxygens (including phenoxy) is 1. The first-order valence-corrected chi connectivity index (χ1v) is 11.7. The highest BCUT2D eigenvalue weighted by atomic mass is 19.1. The maximum Gasteiger partial charge on any atom is 0.228 e. The molecule has 0 saturated heterocycles. The summed E-state index contributed by atoms with van der Waals surface area (Å²) in [6, 6.07) is 10.5. The lowest BCUT2D eigenvalue weighted by atomic mass is 9.56. The van der Waals surface area contributed by atoms with Crippen molar-refractivity contribution < 1.29 is 19.3 Å². The van der Waals surface area contributed by atoms with Crippen molar-refractivity contribution in [1.29, 1.82) is 5.26 Å². The lowest BCUT2D eigenvalue weighted by Crippen LogP contribution is -2.39. The first-order valence-electron chi connectivity index (χ1n) is 11.7. The molecule has 4 aromatic rings. The van der Waals surface area contributed by atoms with Crippen LogP contribution in [0.5, 0.6) is 5.75 Å². The summed E-state index contributed by atoms with van der Waals surface area (Å²) >= 11 is 0. The van der Waals surface area contributed by atoms with Gasteiger partial charge in [0.2, 0.25) is 12.2 Å². The van der Waals surface area contributed by atoms with E-state index in [2.05, 4.69) is 26.3 Å². The fourth-order valence-corrected chi connectivity index (χ4v) is 4.78. The smallest absolute Gasteiger partial charge is 0.228 e. The molecule has 1 aliphatic rings. The van der Waals surface area contributed by atoms with E-state index in [1.54, 1.807) is 6.20 Å². The highest BCUT2D eigenvalue weighted by molar-refractivity contribution is 6.41. The zero-order valence-electron chi connectivity index (χ0n) is 21.0. The van der Waals surface area contributed by atoms with E-state index in [1.807, 2.05) is 39.2 Å². The molecule has 2 unspecified atom stereocenters. The molecule has 0 amide bonds. The molecule has 188 valence electrons. The topological polar surface area (TPSA) is 119 Å². The predicted octanol–water partition coefficient (Wildman–Crippen LogP) is 2.08. The van der Waals surface area contributed by atoms with Gasteiger partial charge in [-0.15, -0.1) is 0 Å². The standard InChI is InChI=1S/C26H23B2FN6O3/c1-13-8-14(11-34(2)3)4-5-16(13)17-10-31-25(35-12-15(9-30)32-23(17)35)33-26(27,28)21-18(29)6-7-19-20(21)22(36)24(37)38-19/h4-8,10,12,22,24,36-37H,11H2,1-3H3,(H,31,33). The Kier molecular flexibility index (Phi) is 6.39. The van der Waals surface area contributed by atoms with Crippen molar-refractivity contribution in [3.8, 4) is 22.9 Å². The third kappa shape index (κ3) is 4.39. The normalized spacial score (nSPS) is 16.9. The third-order valence-corrected chi connectivity index (χ3v) is 6.39. The van der Waals surface area contributed by atoms with Gasteiger partial charge < -0.3 is 25.2 Å². The summed E-state index contributed by atoms with van der Waals surface area (Å²) in [5, 5.41) is 30.6. The summed E-state index contributed by atoms with van der Waals surface area (Å²) in [6.07, 6.45) is -0.113. The molecular formula is C26H23B2FN6O3. The number of aliphatic hydroxyl groups excluding tert-OH is 2. The van der Waals surface area contributed by atoms with Crippen LogP contribution >= 0.6 is 0 Å². The molecular weight excluding hydrogens is 485 g/mol. The minimum Gasteiger partial charge on any atom is -0.462 e. The van der Waals surface area contributed by atoms with Crippen LogP contribution in [0.4, 0.5) is 10.3 Å². The maximum absolute atomic E-state index is 15.0. The Morgan fingerprint density at radius 2 is 2.00 bits per heavy atom. The number of nitriles is 1. The molecule has 3 N–H and O–H groups in total. The molecule has 4 radical (unpaired) electrons. The van der Waals surface area contributed by atoms with Gasteiger partial charge in [0.15, 0.2) is 11.3 Å². The first-order chi connectivity index (χ1) is 18.0. The maximum atomic E-state index is 15.0. The molecule has 5 rings (SSSR count). The van der Waals surface area contributed by atoms with Gasteiger partial charge in [-0.25, -0.2) is 14.4 Å². The largest absolute Gasteiger partial charge is 0.462 e. The van der Waals surface area contributed by atoms with Crippen molar-refractivity contribution in [1.82, 2.24) is 19.3 Å². The molecule has 0 bridgehead atoms. The van der Waals surface area contributed by atoms with Crippen LogP contribution in [-0.4, -0.2) is 65.6 Å². The second-order valence-electron chi connectivity index (χ2n) is 9.60. The monoisotopic (exact) mass is 508 g/mol. The summed E-state index contributed by atoms with van der Waals surface area (Å²) in [6.45, 7) is 2.77. The molecule has 3 heterocycles. The van der Waals surface area contributed by atoms with E-state index in [4.69, 9.17) is 20.4 Å². The molecule has 38 heavy (non-hydrogen) atoms. The number of nitrogens with zero attached hydrogens (tertiary/aromatic N) is 5. The number of aliphatic hydroxyl groups is 2. The van der Waals surface area contributed by atoms with Crippen LogP contribution in [0.3, 0.4) is 0 Å². The van der Waals surface area contributed by atoms with Gasteiger partial charge in [-0.05, 0) is 55.2 Å². The van der Waals surface area contributed by atoms with Crippen molar-refractivity contribution in [2.45, 2.75) is 31.2 Å². The molecule has 2 aromatic heterocycles. The first kappa shape index (κ1) is 25.7. The minimum atomic E-state index is -2.11. The second kappa shape index (κ2) is 9.44. The van der Waals surface area contributed by atoms with Gasteiger partial charge in [0.1, 0.15) is 23.7 Å². The number of anilines is 1. The Bertz CT molecular complexity index is 1600. The quantitative estimate of drug-likeness (QED) is 0.339. The summed E-state index contributed by atoms with van der Waals surface area (Å²) in [7, 11) is 16.7. The Balaban J connectivity index is 1.60. The lowest BCUT2D eigenvalue weighted by molar-refractivity contribution is -0.0828. The zero-order chi connectivity index (χ0) is 27.4. The number of imidazole rings is 1. The van der Waals surface area contributed by atoms with Crippen LogP contribution in [0.15, 0.2) is 42.7 Å². The number of hydrogen-bond acceptors (Lipinski definition) is 8. The molecule has 12 heteroatoms. The van der Waals surface area contributed by atoms with Crippen molar-refractivity contribution in [3.05, 3.63) is 76.5 Å². The van der Waals surface area contributed by atoms with Crippen LogP contribution in [0.25, 0.3) is 16.8 Å². The number of rotatable bonds is 6. The Hall–Kier alpha value is -3.91. The van der Waals surface area contributed by atoms with Crippen LogP contribution in [-0.2, 0) is 11.9 Å². The second-order valence-corrected chi connectivity index (χ2v) is 9.60. The fraction of sp³-hybridized carbons (Fsp3) is 0.269. The molecule has 2 atom stereocenters. The number of nitrogens with one attached hydrogen (secondary N) is 1. The average Bonchev–Trinajstić information content (AvgIpc) is 3.41. The Morgan fingerprint density at radius 1 is 1.24 bits per heavy atom. The minimum absolute atomic E-state index is 0.0551. The van der Waals surface area contributed by atoms with Crippen molar-refractivity contribution in [2.75, 3.05) is 19.4 Å². The molecule has 0 aliphatic carbocycles. The fourth-order valence-electron chi connectivity index (χ4n) is 4.78. The van der Waals surface area contributed by atoms with E-state index in [9.17, 15) is 15.5 Å². The summed E-state index contributed by atoms with van der Waals surface area (Å²) in [4.78, 5) is 11.0. The van der Waals surface area contributed by atoms with Crippen molar-refractivity contribution in [2.24, 2.45) is 0 Å². The van der Waals surface area contributed by atoms with E-state index in [-0.39, 0.29) is 28.5 Å². The van der Waals surface area contributed by atoms with Gasteiger partial charge in [-0.1, -0.05) is 18.2 Å². The third-order valence-electron chi connectivity index (χ3n) is 6.39. The number of hydrogen-bond donors (Lipinski definition) is 3. The predicted molar refractivity (Wildman–Crippen MR) is 140 cm³/mol. The van der Waals surface area contributed by atoms with Crippen LogP contribution in [0.1, 0.15) is 34.1 Å². The molecule has 1 aliphatic heterocycles. The summed E-state index contributed by atoms with van der Waals surface area (Å²) in [5.74, 6) is -0.683. The molecule has 2 aromatic carbocycles.